The molecule has 0 saturated heterocycles. The molecular weight excluding hydrogens is 252 g/mol. The lowest BCUT2D eigenvalue weighted by atomic mass is 10.0. The Bertz CT molecular complexity index is 597. The molecule has 0 aliphatic rings. The summed E-state index contributed by atoms with van der Waals surface area (Å²) >= 11 is 0. The molecular formula is C16H20N2O2. The Kier molecular flexibility index (Phi) is 4.35. The number of rotatable bonds is 5. The molecule has 0 bridgehead atoms. The predicted octanol–water partition coefficient (Wildman–Crippen LogP) is 3.32. The fourth-order valence-electron chi connectivity index (χ4n) is 2.09. The van der Waals surface area contributed by atoms with Gasteiger partial charge in [0.05, 0.1) is 24.6 Å². The summed E-state index contributed by atoms with van der Waals surface area (Å²) in [7, 11) is 0. The zero-order valence-electron chi connectivity index (χ0n) is 11.8. The Morgan fingerprint density at radius 3 is 2.40 bits per heavy atom. The van der Waals surface area contributed by atoms with Crippen LogP contribution in [-0.2, 0) is 0 Å². The zero-order chi connectivity index (χ0) is 14.5. The van der Waals surface area contributed by atoms with E-state index in [-0.39, 0.29) is 0 Å². The van der Waals surface area contributed by atoms with Crippen molar-refractivity contribution in [2.75, 3.05) is 24.7 Å². The topological polar surface area (TPSA) is 70.5 Å². The Morgan fingerprint density at radius 1 is 0.950 bits per heavy atom. The van der Waals surface area contributed by atoms with Crippen LogP contribution < -0.4 is 20.9 Å². The van der Waals surface area contributed by atoms with Crippen LogP contribution in [0, 0.1) is 0 Å². The van der Waals surface area contributed by atoms with Gasteiger partial charge in [0.2, 0.25) is 0 Å². The van der Waals surface area contributed by atoms with E-state index in [1.165, 1.54) is 0 Å². The Labute approximate surface area is 119 Å². The van der Waals surface area contributed by atoms with Gasteiger partial charge in [0.15, 0.2) is 5.75 Å². The van der Waals surface area contributed by atoms with Crippen LogP contribution in [-0.4, -0.2) is 13.2 Å². The minimum atomic E-state index is 0.525. The van der Waals surface area contributed by atoms with E-state index in [0.717, 1.165) is 16.9 Å². The van der Waals surface area contributed by atoms with Gasteiger partial charge in [-0.2, -0.15) is 0 Å². The molecule has 0 atom stereocenters. The third kappa shape index (κ3) is 2.79. The lowest BCUT2D eigenvalue weighted by Gasteiger charge is -2.14. The van der Waals surface area contributed by atoms with Crippen molar-refractivity contribution >= 4 is 11.4 Å². The molecule has 4 heteroatoms. The van der Waals surface area contributed by atoms with Crippen LogP contribution in [0.1, 0.15) is 13.8 Å². The molecule has 0 heterocycles. The van der Waals surface area contributed by atoms with E-state index in [1.54, 1.807) is 0 Å². The van der Waals surface area contributed by atoms with Crippen molar-refractivity contribution in [3.63, 3.8) is 0 Å². The number of nitrogens with two attached hydrogens (primary N) is 2. The Hall–Kier alpha value is -2.36. The highest BCUT2D eigenvalue weighted by molar-refractivity contribution is 5.85. The first kappa shape index (κ1) is 14.1. The maximum Gasteiger partial charge on any atom is 0.165 e. The molecule has 4 nitrogen and oxygen atoms in total. The van der Waals surface area contributed by atoms with E-state index in [9.17, 15) is 0 Å². The summed E-state index contributed by atoms with van der Waals surface area (Å²) in [6, 6.07) is 11.5. The highest BCUT2D eigenvalue weighted by atomic mass is 16.5. The van der Waals surface area contributed by atoms with E-state index in [1.807, 2.05) is 50.2 Å². The number of ether oxygens (including phenoxy) is 2. The van der Waals surface area contributed by atoms with E-state index < -0.39 is 0 Å². The van der Waals surface area contributed by atoms with Gasteiger partial charge in [-0.15, -0.1) is 0 Å². The fourth-order valence-corrected chi connectivity index (χ4v) is 2.09. The van der Waals surface area contributed by atoms with Crippen LogP contribution in [0.3, 0.4) is 0 Å². The molecule has 0 aliphatic heterocycles. The minimum absolute atomic E-state index is 0.525. The molecule has 2 aromatic carbocycles. The molecule has 2 rings (SSSR count). The van der Waals surface area contributed by atoms with Gasteiger partial charge in [-0.1, -0.05) is 12.1 Å². The maximum absolute atomic E-state index is 6.18. The molecule has 0 aliphatic carbocycles. The Morgan fingerprint density at radius 2 is 1.70 bits per heavy atom. The third-order valence-electron chi connectivity index (χ3n) is 2.97. The van der Waals surface area contributed by atoms with Gasteiger partial charge in [0, 0.05) is 5.56 Å². The lowest BCUT2D eigenvalue weighted by molar-refractivity contribution is 0.340. The molecule has 0 aromatic heterocycles. The largest absolute Gasteiger partial charge is 0.494 e. The summed E-state index contributed by atoms with van der Waals surface area (Å²) in [5.41, 5.74) is 15.1. The number of benzene rings is 2. The van der Waals surface area contributed by atoms with Crippen molar-refractivity contribution in [3.8, 4) is 22.6 Å². The second kappa shape index (κ2) is 6.19. The minimum Gasteiger partial charge on any atom is -0.494 e. The number of hydrogen-bond acceptors (Lipinski definition) is 4. The maximum atomic E-state index is 6.18. The monoisotopic (exact) mass is 272 g/mol. The van der Waals surface area contributed by atoms with E-state index in [2.05, 4.69) is 0 Å². The van der Waals surface area contributed by atoms with Crippen molar-refractivity contribution in [1.82, 2.24) is 0 Å². The first-order valence-corrected chi connectivity index (χ1v) is 6.71. The van der Waals surface area contributed by atoms with Crippen LogP contribution in [0.25, 0.3) is 11.1 Å². The average Bonchev–Trinajstić information content (AvgIpc) is 2.44. The SMILES string of the molecule is CCOc1cccc(-c2ccc(N)c(OCC)c2N)c1. The first-order chi connectivity index (χ1) is 9.67. The van der Waals surface area contributed by atoms with Crippen LogP contribution in [0.15, 0.2) is 36.4 Å². The lowest BCUT2D eigenvalue weighted by Crippen LogP contribution is -2.02. The van der Waals surface area contributed by atoms with Crippen molar-refractivity contribution in [2.24, 2.45) is 0 Å². The Balaban J connectivity index is 2.47. The standard InChI is InChI=1S/C16H20N2O2/c1-3-19-12-7-5-6-11(10-12)13-8-9-14(17)16(15(13)18)20-4-2/h5-10H,3-4,17-18H2,1-2H3. The average molecular weight is 272 g/mol. The zero-order valence-corrected chi connectivity index (χ0v) is 11.8. The third-order valence-corrected chi connectivity index (χ3v) is 2.97. The summed E-state index contributed by atoms with van der Waals surface area (Å²) in [4.78, 5) is 0. The van der Waals surface area contributed by atoms with Gasteiger partial charge in [-0.3, -0.25) is 0 Å². The van der Waals surface area contributed by atoms with Crippen LogP contribution in [0.5, 0.6) is 11.5 Å². The number of anilines is 2. The summed E-state index contributed by atoms with van der Waals surface area (Å²) in [5, 5.41) is 0. The van der Waals surface area contributed by atoms with E-state index in [0.29, 0.717) is 30.3 Å². The summed E-state index contributed by atoms with van der Waals surface area (Å²) in [6.45, 7) is 5.01. The molecule has 106 valence electrons. The van der Waals surface area contributed by atoms with Gasteiger partial charge in [0.1, 0.15) is 5.75 Å². The molecule has 0 fully saturated rings. The van der Waals surface area contributed by atoms with Crippen LogP contribution in [0.2, 0.25) is 0 Å². The normalized spacial score (nSPS) is 10.3. The molecule has 20 heavy (non-hydrogen) atoms. The highest BCUT2D eigenvalue weighted by Crippen LogP contribution is 2.38. The predicted molar refractivity (Wildman–Crippen MR) is 83.0 cm³/mol. The molecule has 4 N–H and O–H groups in total. The van der Waals surface area contributed by atoms with Gasteiger partial charge < -0.3 is 20.9 Å². The van der Waals surface area contributed by atoms with Crippen molar-refractivity contribution in [3.05, 3.63) is 36.4 Å². The second-order valence-corrected chi connectivity index (χ2v) is 4.34. The smallest absolute Gasteiger partial charge is 0.165 e. The fraction of sp³-hybridized carbons (Fsp3) is 0.250. The van der Waals surface area contributed by atoms with Crippen molar-refractivity contribution in [1.29, 1.82) is 0 Å². The quantitative estimate of drug-likeness (QED) is 0.819. The summed E-state index contributed by atoms with van der Waals surface area (Å²) in [5.74, 6) is 1.37. The summed E-state index contributed by atoms with van der Waals surface area (Å²) in [6.07, 6.45) is 0. The van der Waals surface area contributed by atoms with E-state index in [4.69, 9.17) is 20.9 Å². The van der Waals surface area contributed by atoms with Crippen LogP contribution >= 0.6 is 0 Å². The van der Waals surface area contributed by atoms with Crippen LogP contribution in [0.4, 0.5) is 11.4 Å². The van der Waals surface area contributed by atoms with Gasteiger partial charge >= 0.3 is 0 Å². The van der Waals surface area contributed by atoms with Gasteiger partial charge in [-0.25, -0.2) is 0 Å². The highest BCUT2D eigenvalue weighted by Gasteiger charge is 2.12. The number of nitrogen functional groups attached to an aromatic ring is 2. The van der Waals surface area contributed by atoms with Gasteiger partial charge in [0.25, 0.3) is 0 Å². The molecule has 0 unspecified atom stereocenters. The second-order valence-electron chi connectivity index (χ2n) is 4.34. The van der Waals surface area contributed by atoms with Crippen molar-refractivity contribution < 1.29 is 9.47 Å². The summed E-state index contributed by atoms with van der Waals surface area (Å²) < 4.78 is 11.0. The molecule has 0 amide bonds. The molecule has 0 spiro atoms. The molecule has 0 radical (unpaired) electrons. The first-order valence-electron chi connectivity index (χ1n) is 6.71. The molecule has 2 aromatic rings. The number of hydrogen-bond donors (Lipinski definition) is 2. The van der Waals surface area contributed by atoms with Gasteiger partial charge in [-0.05, 0) is 43.7 Å². The molecule has 0 saturated carbocycles. The van der Waals surface area contributed by atoms with E-state index >= 15 is 0 Å². The van der Waals surface area contributed by atoms with Crippen molar-refractivity contribution in [2.45, 2.75) is 13.8 Å².